The van der Waals surface area contributed by atoms with E-state index >= 15 is 0 Å². The summed E-state index contributed by atoms with van der Waals surface area (Å²) in [6, 6.07) is 10.7. The number of nitrogens with zero attached hydrogens (tertiary/aromatic N) is 2. The summed E-state index contributed by atoms with van der Waals surface area (Å²) in [6.45, 7) is 0.189. The molecule has 10 heteroatoms. The van der Waals surface area contributed by atoms with Gasteiger partial charge < -0.3 is 4.90 Å². The van der Waals surface area contributed by atoms with Crippen molar-refractivity contribution in [3.8, 4) is 0 Å². The van der Waals surface area contributed by atoms with Crippen molar-refractivity contribution >= 4 is 49.0 Å². The number of hydrogen-bond donors (Lipinski definition) is 0. The van der Waals surface area contributed by atoms with Gasteiger partial charge in [-0.2, -0.15) is 0 Å². The quantitative estimate of drug-likeness (QED) is 0.471. The normalized spacial score (nSPS) is 18.0. The fourth-order valence-corrected chi connectivity index (χ4v) is 5.54. The largest absolute Gasteiger partial charge is 0.330 e. The van der Waals surface area contributed by atoms with Gasteiger partial charge in [-0.05, 0) is 36.2 Å². The number of hydrogen-bond acceptors (Lipinski definition) is 5. The highest BCUT2D eigenvalue weighted by molar-refractivity contribution is 9.10. The maximum absolute atomic E-state index is 13.2. The summed E-state index contributed by atoms with van der Waals surface area (Å²) < 4.78 is 24.7. The molecule has 0 radical (unpaired) electrons. The Hall–Kier alpha value is -1.97. The summed E-state index contributed by atoms with van der Waals surface area (Å²) in [4.78, 5) is 25.1. The minimum Gasteiger partial charge on any atom is -0.330 e. The Kier molecular flexibility index (Phi) is 6.07. The molecule has 0 aliphatic carbocycles. The van der Waals surface area contributed by atoms with E-state index in [4.69, 9.17) is 11.6 Å². The zero-order chi connectivity index (χ0) is 20.5. The average molecular weight is 488 g/mol. The van der Waals surface area contributed by atoms with Crippen LogP contribution in [0.5, 0.6) is 0 Å². The van der Waals surface area contributed by atoms with Gasteiger partial charge in [-0.3, -0.25) is 14.9 Å². The highest BCUT2D eigenvalue weighted by atomic mass is 79.9. The number of halogens is 2. The number of benzene rings is 2. The van der Waals surface area contributed by atoms with Crippen LogP contribution in [0.1, 0.15) is 22.3 Å². The summed E-state index contributed by atoms with van der Waals surface area (Å²) in [5.41, 5.74) is 0.542. The molecule has 148 valence electrons. The smallest absolute Gasteiger partial charge is 0.288 e. The van der Waals surface area contributed by atoms with E-state index in [0.717, 1.165) is 16.1 Å². The minimum atomic E-state index is -3.22. The number of nitro groups is 1. The van der Waals surface area contributed by atoms with Crippen LogP contribution >= 0.6 is 27.5 Å². The lowest BCUT2D eigenvalue weighted by Gasteiger charge is -2.28. The Morgan fingerprint density at radius 1 is 1.29 bits per heavy atom. The van der Waals surface area contributed by atoms with Gasteiger partial charge in [-0.1, -0.05) is 39.7 Å². The molecule has 3 rings (SSSR count). The standard InChI is InChI=1S/C18H16BrClN2O5S/c19-14-3-1-2-12(8-14)10-21(15-6-7-28(26,27)11-15)18(23)13-4-5-16(20)17(9-13)22(24)25/h1-5,8-9,15H,6-7,10-11H2/t15-/m0/s1. The Morgan fingerprint density at radius 2 is 2.04 bits per heavy atom. The molecule has 1 aliphatic heterocycles. The third kappa shape index (κ3) is 4.71. The highest BCUT2D eigenvalue weighted by Crippen LogP contribution is 2.28. The van der Waals surface area contributed by atoms with Crippen LogP contribution in [0.2, 0.25) is 5.02 Å². The van der Waals surface area contributed by atoms with Gasteiger partial charge >= 0.3 is 0 Å². The fraction of sp³-hybridized carbons (Fsp3) is 0.278. The molecule has 0 unspecified atom stereocenters. The van der Waals surface area contributed by atoms with Crippen molar-refractivity contribution in [1.82, 2.24) is 4.90 Å². The van der Waals surface area contributed by atoms with Crippen molar-refractivity contribution in [2.75, 3.05) is 11.5 Å². The van der Waals surface area contributed by atoms with Gasteiger partial charge in [0, 0.05) is 28.7 Å². The average Bonchev–Trinajstić information content (AvgIpc) is 2.99. The summed E-state index contributed by atoms with van der Waals surface area (Å²) >= 11 is 9.22. The van der Waals surface area contributed by atoms with Crippen LogP contribution in [-0.2, 0) is 16.4 Å². The second kappa shape index (κ2) is 8.18. The van der Waals surface area contributed by atoms with E-state index in [-0.39, 0.29) is 34.3 Å². The van der Waals surface area contributed by atoms with Gasteiger partial charge in [0.25, 0.3) is 11.6 Å². The van der Waals surface area contributed by atoms with Gasteiger partial charge in [0.1, 0.15) is 5.02 Å². The van der Waals surface area contributed by atoms with Crippen LogP contribution in [0.15, 0.2) is 46.9 Å². The first-order valence-electron chi connectivity index (χ1n) is 8.36. The molecule has 0 bridgehead atoms. The molecule has 1 amide bonds. The second-order valence-corrected chi connectivity index (χ2v) is 10.1. The molecule has 0 N–H and O–H groups in total. The Morgan fingerprint density at radius 3 is 2.64 bits per heavy atom. The van der Waals surface area contributed by atoms with E-state index in [2.05, 4.69) is 15.9 Å². The lowest BCUT2D eigenvalue weighted by molar-refractivity contribution is -0.384. The molecule has 1 aliphatic rings. The molecule has 1 atom stereocenters. The molecule has 1 fully saturated rings. The highest BCUT2D eigenvalue weighted by Gasteiger charge is 2.35. The van der Waals surface area contributed by atoms with Gasteiger partial charge in [0.2, 0.25) is 0 Å². The number of nitro benzene ring substituents is 1. The van der Waals surface area contributed by atoms with E-state index in [9.17, 15) is 23.3 Å². The van der Waals surface area contributed by atoms with Gasteiger partial charge in [0.15, 0.2) is 9.84 Å². The first kappa shape index (κ1) is 20.8. The topological polar surface area (TPSA) is 97.6 Å². The van der Waals surface area contributed by atoms with Crippen molar-refractivity contribution in [1.29, 1.82) is 0 Å². The van der Waals surface area contributed by atoms with Crippen molar-refractivity contribution in [3.63, 3.8) is 0 Å². The third-order valence-corrected chi connectivity index (χ3v) is 7.10. The second-order valence-electron chi connectivity index (χ2n) is 6.54. The zero-order valence-electron chi connectivity index (χ0n) is 14.5. The van der Waals surface area contributed by atoms with Crippen LogP contribution in [-0.4, -0.2) is 41.7 Å². The van der Waals surface area contributed by atoms with Crippen LogP contribution in [0.4, 0.5) is 5.69 Å². The predicted molar refractivity (Wildman–Crippen MR) is 109 cm³/mol. The van der Waals surface area contributed by atoms with E-state index < -0.39 is 26.7 Å². The van der Waals surface area contributed by atoms with E-state index in [1.807, 2.05) is 24.3 Å². The molecular weight excluding hydrogens is 472 g/mol. The molecular formula is C18H16BrClN2O5S. The van der Waals surface area contributed by atoms with E-state index in [1.54, 1.807) is 0 Å². The van der Waals surface area contributed by atoms with Crippen LogP contribution in [0.25, 0.3) is 0 Å². The Balaban J connectivity index is 1.97. The van der Waals surface area contributed by atoms with E-state index in [1.165, 1.54) is 17.0 Å². The molecule has 0 spiro atoms. The monoisotopic (exact) mass is 486 g/mol. The molecule has 1 heterocycles. The van der Waals surface area contributed by atoms with Crippen LogP contribution < -0.4 is 0 Å². The number of carbonyl (C=O) groups is 1. The molecule has 1 saturated heterocycles. The van der Waals surface area contributed by atoms with Crippen LogP contribution in [0.3, 0.4) is 0 Å². The molecule has 2 aromatic rings. The lowest BCUT2D eigenvalue weighted by Crippen LogP contribution is -2.40. The maximum Gasteiger partial charge on any atom is 0.288 e. The number of rotatable bonds is 5. The number of amides is 1. The fourth-order valence-electron chi connectivity index (χ4n) is 3.17. The predicted octanol–water partition coefficient (Wildman–Crippen LogP) is 3.84. The molecule has 2 aromatic carbocycles. The van der Waals surface area contributed by atoms with E-state index in [0.29, 0.717) is 6.42 Å². The Labute approximate surface area is 175 Å². The summed E-state index contributed by atoms with van der Waals surface area (Å²) in [5, 5.41) is 11.1. The molecule has 7 nitrogen and oxygen atoms in total. The van der Waals surface area contributed by atoms with Gasteiger partial charge in [0.05, 0.1) is 16.4 Å². The first-order valence-corrected chi connectivity index (χ1v) is 11.4. The van der Waals surface area contributed by atoms with Crippen LogP contribution in [0, 0.1) is 10.1 Å². The summed E-state index contributed by atoms with van der Waals surface area (Å²) in [6.07, 6.45) is 0.331. The third-order valence-electron chi connectivity index (χ3n) is 4.54. The molecule has 0 aromatic heterocycles. The van der Waals surface area contributed by atoms with Crippen molar-refractivity contribution in [2.24, 2.45) is 0 Å². The maximum atomic E-state index is 13.2. The Bertz CT molecular complexity index is 1040. The number of carbonyl (C=O) groups excluding carboxylic acids is 1. The zero-order valence-corrected chi connectivity index (χ0v) is 17.7. The molecule has 28 heavy (non-hydrogen) atoms. The van der Waals surface area contributed by atoms with Crippen molar-refractivity contribution < 1.29 is 18.1 Å². The van der Waals surface area contributed by atoms with Gasteiger partial charge in [-0.25, -0.2) is 8.42 Å². The van der Waals surface area contributed by atoms with Gasteiger partial charge in [-0.15, -0.1) is 0 Å². The van der Waals surface area contributed by atoms with Crippen molar-refractivity contribution in [3.05, 3.63) is 73.2 Å². The molecule has 0 saturated carbocycles. The summed E-state index contributed by atoms with van der Waals surface area (Å²) in [5.74, 6) is -0.579. The SMILES string of the molecule is O=C(c1ccc(Cl)c([N+](=O)[O-])c1)N(Cc1cccc(Br)c1)[C@H]1CCS(=O)(=O)C1. The first-order chi connectivity index (χ1) is 13.2. The number of sulfone groups is 1. The summed E-state index contributed by atoms with van der Waals surface area (Å²) in [7, 11) is -3.22. The lowest BCUT2D eigenvalue weighted by atomic mass is 10.1. The van der Waals surface area contributed by atoms with Crippen molar-refractivity contribution in [2.45, 2.75) is 19.0 Å². The minimum absolute atomic E-state index is 0.0146.